The minimum Gasteiger partial charge on any atom is -0.444 e. The summed E-state index contributed by atoms with van der Waals surface area (Å²) in [4.78, 5) is 54.7. The number of allylic oxidation sites excluding steroid dienone is 1. The Balaban J connectivity index is 1.79. The van der Waals surface area contributed by atoms with Gasteiger partial charge < -0.3 is 14.9 Å². The van der Waals surface area contributed by atoms with Crippen LogP contribution < -0.4 is 5.32 Å². The fourth-order valence-corrected chi connectivity index (χ4v) is 3.41. The number of rotatable bonds is 3. The van der Waals surface area contributed by atoms with Crippen LogP contribution in [0.4, 0.5) is 18.0 Å². The van der Waals surface area contributed by atoms with Crippen molar-refractivity contribution in [2.24, 2.45) is 5.92 Å². The summed E-state index contributed by atoms with van der Waals surface area (Å²) in [5.41, 5.74) is -1.76. The average Bonchev–Trinajstić information content (AvgIpc) is 2.91. The minimum absolute atomic E-state index is 0.0385. The third-order valence-corrected chi connectivity index (χ3v) is 4.85. The monoisotopic (exact) mass is 454 g/mol. The van der Waals surface area contributed by atoms with E-state index in [1.54, 1.807) is 20.8 Å². The SMILES string of the molecule is CC(C)(C)OC(=O)NC1CC(C(F)(F)F)=CCC1C(=O)ON1C(=O)c2ccccc2C1=O. The zero-order valence-electron chi connectivity index (χ0n) is 17.5. The summed E-state index contributed by atoms with van der Waals surface area (Å²) in [5.74, 6) is -4.13. The Labute approximate surface area is 181 Å². The average molecular weight is 454 g/mol. The Hall–Kier alpha value is -3.37. The van der Waals surface area contributed by atoms with Gasteiger partial charge in [0.05, 0.1) is 17.0 Å². The molecule has 1 aliphatic heterocycles. The molecular weight excluding hydrogens is 433 g/mol. The molecule has 3 rings (SSSR count). The zero-order valence-corrected chi connectivity index (χ0v) is 17.5. The molecule has 1 heterocycles. The predicted molar refractivity (Wildman–Crippen MR) is 103 cm³/mol. The number of alkyl halides is 3. The molecule has 172 valence electrons. The molecule has 1 aliphatic carbocycles. The number of ether oxygens (including phenoxy) is 1. The molecule has 0 fully saturated rings. The number of alkyl carbamates (subject to hydrolysis) is 1. The van der Waals surface area contributed by atoms with E-state index in [9.17, 15) is 32.3 Å². The second-order valence-electron chi connectivity index (χ2n) is 8.39. The molecule has 1 N–H and O–H groups in total. The van der Waals surface area contributed by atoms with Crippen LogP contribution in [0.15, 0.2) is 35.9 Å². The molecule has 1 aromatic carbocycles. The van der Waals surface area contributed by atoms with Crippen molar-refractivity contribution in [2.45, 2.75) is 51.4 Å². The quantitative estimate of drug-likeness (QED) is 0.554. The second kappa shape index (κ2) is 8.29. The number of hydrogen-bond acceptors (Lipinski definition) is 6. The largest absolute Gasteiger partial charge is 0.444 e. The molecule has 2 unspecified atom stereocenters. The van der Waals surface area contributed by atoms with E-state index in [-0.39, 0.29) is 16.2 Å². The number of halogens is 3. The van der Waals surface area contributed by atoms with Gasteiger partial charge in [-0.15, -0.1) is 0 Å². The summed E-state index contributed by atoms with van der Waals surface area (Å²) < 4.78 is 44.7. The Bertz CT molecular complexity index is 961. The lowest BCUT2D eigenvalue weighted by Gasteiger charge is -2.32. The lowest BCUT2D eigenvalue weighted by Crippen LogP contribution is -2.49. The fraction of sp³-hybridized carbons (Fsp3) is 0.429. The van der Waals surface area contributed by atoms with Crippen LogP contribution in [0.1, 0.15) is 54.3 Å². The van der Waals surface area contributed by atoms with Crippen LogP contribution in [0, 0.1) is 5.92 Å². The highest BCUT2D eigenvalue weighted by Crippen LogP contribution is 2.36. The highest BCUT2D eigenvalue weighted by Gasteiger charge is 2.45. The van der Waals surface area contributed by atoms with Crippen LogP contribution in [0.25, 0.3) is 0 Å². The van der Waals surface area contributed by atoms with Gasteiger partial charge in [-0.3, -0.25) is 9.59 Å². The maximum absolute atomic E-state index is 13.2. The minimum atomic E-state index is -4.65. The topological polar surface area (TPSA) is 102 Å². The Kier molecular flexibility index (Phi) is 6.03. The lowest BCUT2D eigenvalue weighted by molar-refractivity contribution is -0.175. The highest BCUT2D eigenvalue weighted by atomic mass is 19.4. The zero-order chi connectivity index (χ0) is 23.8. The Morgan fingerprint density at radius 1 is 1.06 bits per heavy atom. The first-order chi connectivity index (χ1) is 14.8. The van der Waals surface area contributed by atoms with E-state index >= 15 is 0 Å². The number of imide groups is 1. The Morgan fingerprint density at radius 3 is 2.12 bits per heavy atom. The standard InChI is InChI=1S/C21H21F3N2O6/c1-20(2,3)31-19(30)25-15-10-11(21(22,23)24)8-9-14(15)18(29)32-26-16(27)12-6-4-5-7-13(12)17(26)28/h4-8,14-15H,9-10H2,1-3H3,(H,25,30). The maximum atomic E-state index is 13.2. The van der Waals surface area contributed by atoms with Gasteiger partial charge in [-0.1, -0.05) is 23.3 Å². The normalized spacial score (nSPS) is 21.1. The Morgan fingerprint density at radius 2 is 1.62 bits per heavy atom. The van der Waals surface area contributed by atoms with Crippen molar-refractivity contribution in [1.29, 1.82) is 0 Å². The highest BCUT2D eigenvalue weighted by molar-refractivity contribution is 6.20. The van der Waals surface area contributed by atoms with Crippen molar-refractivity contribution in [2.75, 3.05) is 0 Å². The third-order valence-electron chi connectivity index (χ3n) is 4.85. The summed E-state index contributed by atoms with van der Waals surface area (Å²) in [7, 11) is 0. The molecule has 11 heteroatoms. The molecule has 2 atom stereocenters. The van der Waals surface area contributed by atoms with Gasteiger partial charge >= 0.3 is 18.2 Å². The van der Waals surface area contributed by atoms with Gasteiger partial charge in [0.15, 0.2) is 0 Å². The van der Waals surface area contributed by atoms with Gasteiger partial charge in [0.25, 0.3) is 11.8 Å². The van der Waals surface area contributed by atoms with Gasteiger partial charge in [-0.25, -0.2) is 9.59 Å². The molecule has 0 aromatic heterocycles. The summed E-state index contributed by atoms with van der Waals surface area (Å²) >= 11 is 0. The first-order valence-electron chi connectivity index (χ1n) is 9.73. The van der Waals surface area contributed by atoms with Gasteiger partial charge in [-0.05, 0) is 45.7 Å². The lowest BCUT2D eigenvalue weighted by atomic mass is 9.84. The first kappa shape index (κ1) is 23.3. The van der Waals surface area contributed by atoms with E-state index in [2.05, 4.69) is 5.32 Å². The molecule has 1 aromatic rings. The molecule has 3 amide bonds. The number of amides is 3. The van der Waals surface area contributed by atoms with Crippen LogP contribution >= 0.6 is 0 Å². The molecule has 8 nitrogen and oxygen atoms in total. The second-order valence-corrected chi connectivity index (χ2v) is 8.39. The van der Waals surface area contributed by atoms with Crippen molar-refractivity contribution < 1.29 is 41.9 Å². The third kappa shape index (κ3) is 4.92. The van der Waals surface area contributed by atoms with Gasteiger partial charge in [0.1, 0.15) is 5.60 Å². The molecular formula is C21H21F3N2O6. The summed E-state index contributed by atoms with van der Waals surface area (Å²) in [6.45, 7) is 4.72. The number of fused-ring (bicyclic) bond motifs is 1. The van der Waals surface area contributed by atoms with Crippen molar-refractivity contribution in [3.63, 3.8) is 0 Å². The smallest absolute Gasteiger partial charge is 0.412 e. The molecule has 0 saturated carbocycles. The first-order valence-corrected chi connectivity index (χ1v) is 9.73. The molecule has 2 aliphatic rings. The van der Waals surface area contributed by atoms with Crippen LogP contribution in [0.5, 0.6) is 0 Å². The van der Waals surface area contributed by atoms with Gasteiger partial charge in [0.2, 0.25) is 0 Å². The molecule has 32 heavy (non-hydrogen) atoms. The number of benzene rings is 1. The van der Waals surface area contributed by atoms with Gasteiger partial charge in [0, 0.05) is 11.6 Å². The van der Waals surface area contributed by atoms with Crippen molar-refractivity contribution in [3.8, 4) is 0 Å². The summed E-state index contributed by atoms with van der Waals surface area (Å²) in [6.07, 6.45) is -5.95. The molecule has 0 bridgehead atoms. The number of hydrogen-bond donors (Lipinski definition) is 1. The van der Waals surface area contributed by atoms with Crippen LogP contribution in [-0.4, -0.2) is 46.8 Å². The number of nitrogens with one attached hydrogen (secondary N) is 1. The van der Waals surface area contributed by atoms with Crippen molar-refractivity contribution in [1.82, 2.24) is 10.4 Å². The van der Waals surface area contributed by atoms with Crippen molar-refractivity contribution in [3.05, 3.63) is 47.0 Å². The molecule has 0 radical (unpaired) electrons. The van der Waals surface area contributed by atoms with Crippen LogP contribution in [0.3, 0.4) is 0 Å². The number of carbonyl (C=O) groups is 4. The van der Waals surface area contributed by atoms with E-state index in [4.69, 9.17) is 9.57 Å². The summed E-state index contributed by atoms with van der Waals surface area (Å²) in [5, 5.41) is 2.56. The van der Waals surface area contributed by atoms with Crippen LogP contribution in [-0.2, 0) is 14.4 Å². The van der Waals surface area contributed by atoms with E-state index in [0.717, 1.165) is 6.08 Å². The molecule has 0 spiro atoms. The summed E-state index contributed by atoms with van der Waals surface area (Å²) in [6, 6.07) is 4.50. The molecule has 0 saturated heterocycles. The number of nitrogens with zero attached hydrogens (tertiary/aromatic N) is 1. The van der Waals surface area contributed by atoms with Crippen molar-refractivity contribution >= 4 is 23.9 Å². The van der Waals surface area contributed by atoms with E-state index in [1.165, 1.54) is 24.3 Å². The van der Waals surface area contributed by atoms with Crippen LogP contribution in [0.2, 0.25) is 0 Å². The predicted octanol–water partition coefficient (Wildman–Crippen LogP) is 3.53. The van der Waals surface area contributed by atoms with E-state index in [0.29, 0.717) is 0 Å². The maximum Gasteiger partial charge on any atom is 0.412 e. The van der Waals surface area contributed by atoms with E-state index < -0.39 is 66.0 Å². The number of carbonyl (C=O) groups excluding carboxylic acids is 4. The van der Waals surface area contributed by atoms with E-state index in [1.807, 2.05) is 0 Å². The fourth-order valence-electron chi connectivity index (χ4n) is 3.41. The van der Waals surface area contributed by atoms with Gasteiger partial charge in [-0.2, -0.15) is 13.2 Å². The number of hydroxylamine groups is 2.